The van der Waals surface area contributed by atoms with Crippen LogP contribution in [0.3, 0.4) is 0 Å². The number of para-hydroxylation sites is 1. The van der Waals surface area contributed by atoms with E-state index in [1.807, 2.05) is 6.92 Å². The van der Waals surface area contributed by atoms with E-state index >= 15 is 0 Å². The average Bonchev–Trinajstić information content (AvgIpc) is 2.98. The summed E-state index contributed by atoms with van der Waals surface area (Å²) in [6.45, 7) is 1.23. The Labute approximate surface area is 256 Å². The number of hydrogen-bond donors (Lipinski definition) is 1. The highest BCUT2D eigenvalue weighted by Gasteiger charge is 2.34. The number of amides is 2. The topological polar surface area (TPSA) is 86.8 Å². The van der Waals surface area contributed by atoms with Gasteiger partial charge in [-0.15, -0.1) is 0 Å². The Bertz CT molecular complexity index is 1480. The summed E-state index contributed by atoms with van der Waals surface area (Å²) >= 11 is 12.4. The molecule has 1 atom stereocenters. The monoisotopic (exact) mass is 633 g/mol. The zero-order valence-corrected chi connectivity index (χ0v) is 25.6. The molecule has 0 bridgehead atoms. The zero-order chi connectivity index (χ0) is 30.3. The van der Waals surface area contributed by atoms with Crippen molar-refractivity contribution in [2.75, 3.05) is 10.8 Å². The molecular formula is C31H34Cl2FN3O4S. The summed E-state index contributed by atoms with van der Waals surface area (Å²) in [5.41, 5.74) is 0.888. The van der Waals surface area contributed by atoms with Gasteiger partial charge in [-0.1, -0.05) is 73.7 Å². The molecule has 1 N–H and O–H groups in total. The van der Waals surface area contributed by atoms with E-state index in [-0.39, 0.29) is 29.1 Å². The first-order valence-corrected chi connectivity index (χ1v) is 16.2. The van der Waals surface area contributed by atoms with Gasteiger partial charge in [0.1, 0.15) is 18.4 Å². The van der Waals surface area contributed by atoms with Crippen molar-refractivity contribution in [3.05, 3.63) is 94.2 Å². The summed E-state index contributed by atoms with van der Waals surface area (Å²) in [5.74, 6) is -1.45. The number of carbonyl (C=O) groups excluding carboxylic acids is 2. The van der Waals surface area contributed by atoms with Crippen molar-refractivity contribution in [3.63, 3.8) is 0 Å². The van der Waals surface area contributed by atoms with Crippen LogP contribution in [0.15, 0.2) is 77.7 Å². The molecule has 0 saturated heterocycles. The molecule has 0 unspecified atom stereocenters. The third-order valence-electron chi connectivity index (χ3n) is 7.40. The second kappa shape index (κ2) is 14.4. The Hall–Kier alpha value is -3.14. The largest absolute Gasteiger partial charge is 0.352 e. The lowest BCUT2D eigenvalue weighted by Gasteiger charge is -2.34. The average molecular weight is 635 g/mol. The minimum absolute atomic E-state index is 0.00550. The van der Waals surface area contributed by atoms with Gasteiger partial charge in [0.25, 0.3) is 10.0 Å². The highest BCUT2D eigenvalue weighted by atomic mass is 35.5. The molecule has 11 heteroatoms. The third kappa shape index (κ3) is 7.82. The van der Waals surface area contributed by atoms with Gasteiger partial charge in [0.05, 0.1) is 20.6 Å². The number of halogens is 3. The van der Waals surface area contributed by atoms with Gasteiger partial charge < -0.3 is 10.2 Å². The fourth-order valence-electron chi connectivity index (χ4n) is 5.16. The molecule has 0 heterocycles. The lowest BCUT2D eigenvalue weighted by molar-refractivity contribution is -0.140. The normalized spacial score (nSPS) is 14.7. The van der Waals surface area contributed by atoms with Gasteiger partial charge in [-0.25, -0.2) is 12.8 Å². The van der Waals surface area contributed by atoms with Crippen LogP contribution in [0.2, 0.25) is 10.0 Å². The van der Waals surface area contributed by atoms with E-state index in [4.69, 9.17) is 23.2 Å². The van der Waals surface area contributed by atoms with Gasteiger partial charge in [0, 0.05) is 12.6 Å². The van der Waals surface area contributed by atoms with Crippen LogP contribution in [-0.2, 0) is 26.2 Å². The van der Waals surface area contributed by atoms with Crippen molar-refractivity contribution >= 4 is 50.7 Å². The maximum Gasteiger partial charge on any atom is 0.264 e. The maximum absolute atomic E-state index is 14.1. The number of anilines is 1. The van der Waals surface area contributed by atoms with Crippen molar-refractivity contribution in [1.29, 1.82) is 0 Å². The Morgan fingerprint density at radius 2 is 1.62 bits per heavy atom. The molecule has 0 aliphatic heterocycles. The number of sulfonamides is 1. The quantitative estimate of drug-likeness (QED) is 0.258. The second-order valence-electron chi connectivity index (χ2n) is 10.3. The lowest BCUT2D eigenvalue weighted by atomic mass is 9.95. The van der Waals surface area contributed by atoms with Crippen LogP contribution in [0.1, 0.15) is 51.0 Å². The molecule has 224 valence electrons. The van der Waals surface area contributed by atoms with Crippen LogP contribution in [0, 0.1) is 5.82 Å². The maximum atomic E-state index is 14.1. The van der Waals surface area contributed by atoms with E-state index < -0.39 is 34.3 Å². The summed E-state index contributed by atoms with van der Waals surface area (Å²) in [6, 6.07) is 16.7. The molecule has 2 amide bonds. The summed E-state index contributed by atoms with van der Waals surface area (Å²) in [5, 5.41) is 3.76. The lowest BCUT2D eigenvalue weighted by Crippen LogP contribution is -2.54. The molecular weight excluding hydrogens is 600 g/mol. The van der Waals surface area contributed by atoms with Crippen LogP contribution < -0.4 is 9.62 Å². The number of nitrogens with zero attached hydrogens (tertiary/aromatic N) is 2. The van der Waals surface area contributed by atoms with Crippen LogP contribution in [0.5, 0.6) is 0 Å². The Morgan fingerprint density at radius 1 is 0.952 bits per heavy atom. The third-order valence-corrected chi connectivity index (χ3v) is 9.93. The molecule has 1 fully saturated rings. The fourth-order valence-corrected chi connectivity index (χ4v) is 6.89. The molecule has 1 aliphatic carbocycles. The number of benzene rings is 3. The molecule has 4 rings (SSSR count). The number of hydrogen-bond acceptors (Lipinski definition) is 4. The first-order chi connectivity index (χ1) is 20.1. The van der Waals surface area contributed by atoms with Crippen LogP contribution in [-0.4, -0.2) is 43.8 Å². The van der Waals surface area contributed by atoms with Crippen LogP contribution >= 0.6 is 23.2 Å². The zero-order valence-electron chi connectivity index (χ0n) is 23.3. The van der Waals surface area contributed by atoms with Crippen LogP contribution in [0.25, 0.3) is 0 Å². The Morgan fingerprint density at radius 3 is 2.24 bits per heavy atom. The molecule has 42 heavy (non-hydrogen) atoms. The molecule has 3 aromatic rings. The van der Waals surface area contributed by atoms with E-state index in [1.54, 1.807) is 48.5 Å². The number of rotatable bonds is 11. The second-order valence-corrected chi connectivity index (χ2v) is 13.0. The Balaban J connectivity index is 1.70. The van der Waals surface area contributed by atoms with E-state index in [9.17, 15) is 22.4 Å². The minimum atomic E-state index is -4.28. The van der Waals surface area contributed by atoms with Crippen molar-refractivity contribution in [2.45, 2.75) is 69.0 Å². The number of nitrogens with one attached hydrogen (secondary N) is 1. The first-order valence-electron chi connectivity index (χ1n) is 14.0. The van der Waals surface area contributed by atoms with Crippen molar-refractivity contribution in [3.8, 4) is 0 Å². The van der Waals surface area contributed by atoms with Gasteiger partial charge in [0.2, 0.25) is 11.8 Å². The first kappa shape index (κ1) is 31.8. The van der Waals surface area contributed by atoms with Crippen LogP contribution in [0.4, 0.5) is 10.1 Å². The fraction of sp³-hybridized carbons (Fsp3) is 0.355. The summed E-state index contributed by atoms with van der Waals surface area (Å²) in [6.07, 6.45) is 5.24. The SMILES string of the molecule is CC[C@H](C(=O)NC1CCCCC1)N(Cc1ccc(Cl)c(Cl)c1)C(=O)CN(c1ccccc1)S(=O)(=O)c1ccc(F)cc1. The highest BCUT2D eigenvalue weighted by Crippen LogP contribution is 2.27. The summed E-state index contributed by atoms with van der Waals surface area (Å²) < 4.78 is 42.2. The van der Waals surface area contributed by atoms with Gasteiger partial charge >= 0.3 is 0 Å². The van der Waals surface area contributed by atoms with Gasteiger partial charge in [0.15, 0.2) is 0 Å². The van der Waals surface area contributed by atoms with Crippen molar-refractivity contribution in [2.24, 2.45) is 0 Å². The van der Waals surface area contributed by atoms with E-state index in [1.165, 1.54) is 4.90 Å². The number of carbonyl (C=O) groups is 2. The highest BCUT2D eigenvalue weighted by molar-refractivity contribution is 7.92. The van der Waals surface area contributed by atoms with Crippen molar-refractivity contribution in [1.82, 2.24) is 10.2 Å². The predicted octanol–water partition coefficient (Wildman–Crippen LogP) is 6.58. The van der Waals surface area contributed by atoms with Gasteiger partial charge in [-0.2, -0.15) is 0 Å². The van der Waals surface area contributed by atoms with E-state index in [0.29, 0.717) is 22.0 Å². The van der Waals surface area contributed by atoms with E-state index in [2.05, 4.69) is 5.32 Å². The standard InChI is InChI=1S/C31H34Cl2FN3O4S/c1-2-29(31(39)35-24-9-5-3-6-10-24)36(20-22-13-18-27(32)28(33)19-22)30(38)21-37(25-11-7-4-8-12-25)42(40,41)26-16-14-23(34)15-17-26/h4,7-8,11-19,24,29H,2-3,5-6,9-10,20-21H2,1H3,(H,35,39)/t29-/m1/s1. The molecule has 0 spiro atoms. The minimum Gasteiger partial charge on any atom is -0.352 e. The van der Waals surface area contributed by atoms with E-state index in [0.717, 1.165) is 60.7 Å². The molecule has 7 nitrogen and oxygen atoms in total. The van der Waals surface area contributed by atoms with Crippen molar-refractivity contribution < 1.29 is 22.4 Å². The molecule has 3 aromatic carbocycles. The van der Waals surface area contributed by atoms with Gasteiger partial charge in [-0.05, 0) is 73.4 Å². The van der Waals surface area contributed by atoms with Gasteiger partial charge in [-0.3, -0.25) is 13.9 Å². The predicted molar refractivity (Wildman–Crippen MR) is 163 cm³/mol. The smallest absolute Gasteiger partial charge is 0.264 e. The Kier molecular flexibility index (Phi) is 10.9. The molecule has 0 radical (unpaired) electrons. The molecule has 0 aromatic heterocycles. The summed E-state index contributed by atoms with van der Waals surface area (Å²) in [7, 11) is -4.28. The molecule has 1 saturated carbocycles. The molecule has 1 aliphatic rings. The summed E-state index contributed by atoms with van der Waals surface area (Å²) in [4.78, 5) is 28.9.